The maximum Gasteiger partial charge on any atom is 0.306 e. The van der Waals surface area contributed by atoms with E-state index in [1.807, 2.05) is 0 Å². The number of unbranched alkanes of at least 4 members (excludes halogenated alkanes) is 27. The summed E-state index contributed by atoms with van der Waals surface area (Å²) in [4.78, 5) is 37.8. The minimum absolute atomic E-state index is 0.0655. The first-order valence-corrected chi connectivity index (χ1v) is 25.6. The highest BCUT2D eigenvalue weighted by atomic mass is 16.6. The second kappa shape index (κ2) is 43.5. The molecule has 0 saturated carbocycles. The molecule has 0 aromatic carbocycles. The van der Waals surface area contributed by atoms with Gasteiger partial charge in [-0.1, -0.05) is 241 Å². The van der Waals surface area contributed by atoms with Crippen molar-refractivity contribution in [2.75, 3.05) is 13.2 Å². The maximum atomic E-state index is 12.8. The fourth-order valence-electron chi connectivity index (χ4n) is 7.73. The molecule has 0 fully saturated rings. The van der Waals surface area contributed by atoms with Gasteiger partial charge in [-0.15, -0.1) is 0 Å². The number of rotatable bonds is 45. The number of esters is 3. The summed E-state index contributed by atoms with van der Waals surface area (Å²) in [6.07, 6.45) is 42.4. The molecule has 0 aromatic rings. The lowest BCUT2D eigenvalue weighted by molar-refractivity contribution is -0.167. The van der Waals surface area contributed by atoms with Gasteiger partial charge in [-0.25, -0.2) is 0 Å². The molecule has 0 N–H and O–H groups in total. The Bertz CT molecular complexity index is 900. The van der Waals surface area contributed by atoms with Crippen molar-refractivity contribution in [3.8, 4) is 0 Å². The van der Waals surface area contributed by atoms with E-state index in [-0.39, 0.29) is 31.1 Å². The predicted molar refractivity (Wildman–Crippen MR) is 247 cm³/mol. The third-order valence-corrected chi connectivity index (χ3v) is 12.0. The molecule has 0 spiro atoms. The standard InChI is InChI=1S/C52H100O6/c1-7-48(6)40-34-28-21-17-12-10-8-9-11-13-18-22-29-35-41-50(53)56-44-49(45-57-51(54)42-36-30-25-24-27-33-39-47(4)5)58-52(55)43-37-31-23-19-15-14-16-20-26-32-38-46(2)3/h46-49H,7-45H2,1-6H3/t48?,49-/m0/s1. The molecule has 58 heavy (non-hydrogen) atoms. The average Bonchev–Trinajstić information content (AvgIpc) is 3.19. The number of carbonyl (C=O) groups excluding carboxylic acids is 3. The van der Waals surface area contributed by atoms with Crippen LogP contribution in [0.4, 0.5) is 0 Å². The van der Waals surface area contributed by atoms with Gasteiger partial charge in [0, 0.05) is 19.3 Å². The molecule has 0 bridgehead atoms. The summed E-state index contributed by atoms with van der Waals surface area (Å²) in [5.74, 6) is 1.62. The molecule has 2 atom stereocenters. The van der Waals surface area contributed by atoms with Gasteiger partial charge in [-0.2, -0.15) is 0 Å². The lowest BCUT2D eigenvalue weighted by atomic mass is 9.99. The molecule has 0 aliphatic rings. The Balaban J connectivity index is 4.25. The summed E-state index contributed by atoms with van der Waals surface area (Å²) in [7, 11) is 0. The molecule has 0 heterocycles. The zero-order valence-electron chi connectivity index (χ0n) is 39.8. The zero-order chi connectivity index (χ0) is 42.7. The molecule has 344 valence electrons. The van der Waals surface area contributed by atoms with E-state index >= 15 is 0 Å². The topological polar surface area (TPSA) is 78.9 Å². The maximum absolute atomic E-state index is 12.8. The van der Waals surface area contributed by atoms with Crippen LogP contribution in [-0.4, -0.2) is 37.2 Å². The van der Waals surface area contributed by atoms with Crippen LogP contribution in [0.1, 0.15) is 279 Å². The fourth-order valence-corrected chi connectivity index (χ4v) is 7.73. The second-order valence-electron chi connectivity index (χ2n) is 19.0. The van der Waals surface area contributed by atoms with Gasteiger partial charge < -0.3 is 14.2 Å². The van der Waals surface area contributed by atoms with Crippen LogP contribution in [0.25, 0.3) is 0 Å². The van der Waals surface area contributed by atoms with Crippen LogP contribution in [-0.2, 0) is 28.6 Å². The van der Waals surface area contributed by atoms with Crippen LogP contribution in [0.3, 0.4) is 0 Å². The molecule has 0 rings (SSSR count). The van der Waals surface area contributed by atoms with Crippen molar-refractivity contribution in [3.63, 3.8) is 0 Å². The zero-order valence-corrected chi connectivity index (χ0v) is 39.8. The van der Waals surface area contributed by atoms with E-state index in [9.17, 15) is 14.4 Å². The SMILES string of the molecule is CCC(C)CCCCCCCCCCCCCCCCC(=O)OC[C@@H](COC(=O)CCCCCCCCC(C)C)OC(=O)CCCCCCCCCCCCC(C)C. The van der Waals surface area contributed by atoms with Gasteiger partial charge in [-0.3, -0.25) is 14.4 Å². The van der Waals surface area contributed by atoms with Crippen LogP contribution in [0.5, 0.6) is 0 Å². The Morgan fingerprint density at radius 2 is 0.603 bits per heavy atom. The van der Waals surface area contributed by atoms with E-state index in [1.54, 1.807) is 0 Å². The minimum Gasteiger partial charge on any atom is -0.462 e. The minimum atomic E-state index is -0.763. The van der Waals surface area contributed by atoms with Crippen LogP contribution in [0.15, 0.2) is 0 Å². The molecule has 0 amide bonds. The normalized spacial score (nSPS) is 12.6. The molecule has 0 aliphatic carbocycles. The van der Waals surface area contributed by atoms with Crippen molar-refractivity contribution in [2.24, 2.45) is 17.8 Å². The van der Waals surface area contributed by atoms with E-state index in [0.717, 1.165) is 75.5 Å². The van der Waals surface area contributed by atoms with Gasteiger partial charge >= 0.3 is 17.9 Å². The van der Waals surface area contributed by atoms with E-state index in [2.05, 4.69) is 41.5 Å². The molecule has 0 saturated heterocycles. The van der Waals surface area contributed by atoms with Crippen molar-refractivity contribution in [1.29, 1.82) is 0 Å². The molecular weight excluding hydrogens is 721 g/mol. The molecule has 0 aliphatic heterocycles. The van der Waals surface area contributed by atoms with Crippen LogP contribution in [0.2, 0.25) is 0 Å². The van der Waals surface area contributed by atoms with Gasteiger partial charge in [0.25, 0.3) is 0 Å². The summed E-state index contributed by atoms with van der Waals surface area (Å²) in [6.45, 7) is 13.7. The Morgan fingerprint density at radius 3 is 0.897 bits per heavy atom. The van der Waals surface area contributed by atoms with Gasteiger partial charge in [0.1, 0.15) is 13.2 Å². The highest BCUT2D eigenvalue weighted by molar-refractivity contribution is 5.71. The van der Waals surface area contributed by atoms with Crippen molar-refractivity contribution in [2.45, 2.75) is 285 Å². The van der Waals surface area contributed by atoms with Gasteiger partial charge in [0.05, 0.1) is 0 Å². The third-order valence-electron chi connectivity index (χ3n) is 12.0. The Hall–Kier alpha value is -1.59. The van der Waals surface area contributed by atoms with Gasteiger partial charge in [0.2, 0.25) is 0 Å². The Labute approximate surface area is 361 Å². The lowest BCUT2D eigenvalue weighted by Crippen LogP contribution is -2.30. The van der Waals surface area contributed by atoms with E-state index in [4.69, 9.17) is 14.2 Å². The summed E-state index contributed by atoms with van der Waals surface area (Å²) < 4.78 is 16.8. The van der Waals surface area contributed by atoms with Gasteiger partial charge in [-0.05, 0) is 37.0 Å². The summed E-state index contributed by atoms with van der Waals surface area (Å²) >= 11 is 0. The molecular formula is C52H100O6. The predicted octanol–water partition coefficient (Wildman–Crippen LogP) is 16.4. The fraction of sp³-hybridized carbons (Fsp3) is 0.942. The highest BCUT2D eigenvalue weighted by Crippen LogP contribution is 2.18. The number of hydrogen-bond donors (Lipinski definition) is 0. The van der Waals surface area contributed by atoms with Crippen LogP contribution < -0.4 is 0 Å². The van der Waals surface area contributed by atoms with E-state index in [1.165, 1.54) is 161 Å². The van der Waals surface area contributed by atoms with Crippen LogP contribution >= 0.6 is 0 Å². The average molecular weight is 821 g/mol. The van der Waals surface area contributed by atoms with Crippen molar-refractivity contribution in [1.82, 2.24) is 0 Å². The summed E-state index contributed by atoms with van der Waals surface area (Å²) in [5, 5.41) is 0. The van der Waals surface area contributed by atoms with Gasteiger partial charge in [0.15, 0.2) is 6.10 Å². The quantitative estimate of drug-likeness (QED) is 0.0346. The first-order valence-electron chi connectivity index (χ1n) is 25.6. The molecule has 0 aromatic heterocycles. The number of carbonyl (C=O) groups is 3. The second-order valence-corrected chi connectivity index (χ2v) is 19.0. The summed E-state index contributed by atoms with van der Waals surface area (Å²) in [6, 6.07) is 0. The largest absolute Gasteiger partial charge is 0.462 e. The van der Waals surface area contributed by atoms with Crippen molar-refractivity contribution in [3.05, 3.63) is 0 Å². The molecule has 1 unspecified atom stereocenters. The summed E-state index contributed by atoms with van der Waals surface area (Å²) in [5.41, 5.74) is 0. The Kier molecular flexibility index (Phi) is 42.3. The van der Waals surface area contributed by atoms with E-state index < -0.39 is 6.10 Å². The number of ether oxygens (including phenoxy) is 3. The van der Waals surface area contributed by atoms with Crippen LogP contribution in [0, 0.1) is 17.8 Å². The monoisotopic (exact) mass is 821 g/mol. The van der Waals surface area contributed by atoms with Crippen molar-refractivity contribution >= 4 is 17.9 Å². The van der Waals surface area contributed by atoms with E-state index in [0.29, 0.717) is 19.3 Å². The lowest BCUT2D eigenvalue weighted by Gasteiger charge is -2.18. The molecule has 0 radical (unpaired) electrons. The Morgan fingerprint density at radius 1 is 0.345 bits per heavy atom. The molecule has 6 nitrogen and oxygen atoms in total. The smallest absolute Gasteiger partial charge is 0.306 e. The number of hydrogen-bond acceptors (Lipinski definition) is 6. The first kappa shape index (κ1) is 56.4. The first-order chi connectivity index (χ1) is 28.1. The highest BCUT2D eigenvalue weighted by Gasteiger charge is 2.19. The van der Waals surface area contributed by atoms with Crippen molar-refractivity contribution < 1.29 is 28.6 Å². The third kappa shape index (κ3) is 44.0. The molecule has 6 heteroatoms.